The van der Waals surface area contributed by atoms with Crippen LogP contribution >= 0.6 is 0 Å². The maximum atomic E-state index is 13.1. The Bertz CT molecular complexity index is 834. The van der Waals surface area contributed by atoms with Crippen molar-refractivity contribution in [2.24, 2.45) is 0 Å². The Morgan fingerprint density at radius 3 is 2.06 bits per heavy atom. The van der Waals surface area contributed by atoms with Gasteiger partial charge in [0.25, 0.3) is 0 Å². The number of ether oxygens (including phenoxy) is 1. The summed E-state index contributed by atoms with van der Waals surface area (Å²) in [6.45, 7) is 11.1. The van der Waals surface area contributed by atoms with Gasteiger partial charge in [0.2, 0.25) is 0 Å². The quantitative estimate of drug-likeness (QED) is 0.587. The zero-order valence-corrected chi connectivity index (χ0v) is 19.5. The molecule has 0 N–H and O–H groups in total. The molecular formula is C27H37N2O2+. The molecule has 4 rings (SSSR count). The summed E-state index contributed by atoms with van der Waals surface area (Å²) < 4.78 is 6.82. The highest BCUT2D eigenvalue weighted by Crippen LogP contribution is 2.44. The van der Waals surface area contributed by atoms with Crippen LogP contribution in [0.4, 0.5) is 4.79 Å². The highest BCUT2D eigenvalue weighted by Gasteiger charge is 2.57. The van der Waals surface area contributed by atoms with Gasteiger partial charge in [-0.1, -0.05) is 60.7 Å². The Morgan fingerprint density at radius 2 is 1.55 bits per heavy atom. The number of likely N-dealkylation sites (tertiary alicyclic amines) is 2. The van der Waals surface area contributed by atoms with Crippen LogP contribution < -0.4 is 0 Å². The second-order valence-corrected chi connectivity index (χ2v) is 10.4. The molecule has 2 aliphatic rings. The van der Waals surface area contributed by atoms with Crippen LogP contribution in [0.15, 0.2) is 60.7 Å². The minimum Gasteiger partial charge on any atom is -0.444 e. The Labute approximate surface area is 187 Å². The largest absolute Gasteiger partial charge is 0.444 e. The van der Waals surface area contributed by atoms with Crippen LogP contribution in [0.5, 0.6) is 0 Å². The third-order valence-corrected chi connectivity index (χ3v) is 7.13. The van der Waals surface area contributed by atoms with Gasteiger partial charge in [0.15, 0.2) is 0 Å². The van der Waals surface area contributed by atoms with Crippen molar-refractivity contribution in [3.05, 3.63) is 71.8 Å². The summed E-state index contributed by atoms with van der Waals surface area (Å²) in [5.74, 6) is 0. The van der Waals surface area contributed by atoms with Crippen LogP contribution in [0.25, 0.3) is 0 Å². The number of piperidine rings is 1. The molecule has 2 heterocycles. The van der Waals surface area contributed by atoms with E-state index in [9.17, 15) is 4.79 Å². The summed E-state index contributed by atoms with van der Waals surface area (Å²) in [6, 6.07) is 22.9. The van der Waals surface area contributed by atoms with E-state index in [0.717, 1.165) is 43.4 Å². The maximum Gasteiger partial charge on any atom is 0.410 e. The monoisotopic (exact) mass is 421 g/mol. The lowest BCUT2D eigenvalue weighted by molar-refractivity contribution is -0.985. The lowest BCUT2D eigenvalue weighted by Crippen LogP contribution is -2.60. The van der Waals surface area contributed by atoms with Gasteiger partial charge in [-0.3, -0.25) is 4.90 Å². The van der Waals surface area contributed by atoms with Gasteiger partial charge in [0, 0.05) is 30.5 Å². The molecule has 0 saturated carbocycles. The van der Waals surface area contributed by atoms with E-state index in [2.05, 4.69) is 67.6 Å². The molecule has 4 heteroatoms. The van der Waals surface area contributed by atoms with Crippen LogP contribution in [-0.4, -0.2) is 45.7 Å². The molecule has 0 bridgehead atoms. The van der Waals surface area contributed by atoms with Crippen molar-refractivity contribution in [3.8, 4) is 0 Å². The van der Waals surface area contributed by atoms with Crippen LogP contribution in [0.1, 0.15) is 58.1 Å². The SMILES string of the molecule is C[C@H]1C[C@H]2[C@H](CCCN2C(=O)OC(C)(C)C)[N+]1(Cc1ccccc1)Cc1ccccc1. The lowest BCUT2D eigenvalue weighted by atomic mass is 9.95. The van der Waals surface area contributed by atoms with Crippen molar-refractivity contribution in [1.82, 2.24) is 4.90 Å². The standard InChI is InChI=1S/C27H37N2O2/c1-21-18-24-25(16-11-17-28(24)26(30)31-27(2,3)4)29(21,19-22-12-7-5-8-13-22)20-23-14-9-6-10-15-23/h5-10,12-15,21,24-25H,11,16-20H2,1-4H3/q+1/t21-,24-,25-/m0/s1. The molecule has 166 valence electrons. The molecule has 2 aromatic rings. The molecule has 2 aromatic carbocycles. The molecule has 2 saturated heterocycles. The van der Waals surface area contributed by atoms with Gasteiger partial charge >= 0.3 is 6.09 Å². The third-order valence-electron chi connectivity index (χ3n) is 7.13. The first-order chi connectivity index (χ1) is 14.8. The number of nitrogens with zero attached hydrogens (tertiary/aromatic N) is 2. The Kier molecular flexibility index (Phi) is 6.11. The Morgan fingerprint density at radius 1 is 1.00 bits per heavy atom. The van der Waals surface area contributed by atoms with E-state index in [1.807, 2.05) is 25.7 Å². The first-order valence-electron chi connectivity index (χ1n) is 11.7. The molecule has 0 aromatic heterocycles. The molecule has 2 fully saturated rings. The van der Waals surface area contributed by atoms with Crippen molar-refractivity contribution >= 4 is 6.09 Å². The third kappa shape index (κ3) is 4.64. The fraction of sp³-hybridized carbons (Fsp3) is 0.519. The van der Waals surface area contributed by atoms with Crippen molar-refractivity contribution in [2.45, 2.75) is 83.8 Å². The molecular weight excluding hydrogens is 384 g/mol. The molecule has 0 spiro atoms. The number of quaternary nitrogens is 1. The lowest BCUT2D eigenvalue weighted by Gasteiger charge is -2.48. The first kappa shape index (κ1) is 21.9. The molecule has 4 nitrogen and oxygen atoms in total. The summed E-state index contributed by atoms with van der Waals surface area (Å²) >= 11 is 0. The number of hydrogen-bond acceptors (Lipinski definition) is 2. The second kappa shape index (κ2) is 8.66. The van der Waals surface area contributed by atoms with Crippen molar-refractivity contribution < 1.29 is 14.0 Å². The molecule has 3 atom stereocenters. The molecule has 0 aliphatic carbocycles. The van der Waals surface area contributed by atoms with Gasteiger partial charge in [-0.05, 0) is 34.1 Å². The fourth-order valence-electron chi connectivity index (χ4n) is 5.80. The van der Waals surface area contributed by atoms with Gasteiger partial charge in [-0.2, -0.15) is 0 Å². The first-order valence-corrected chi connectivity index (χ1v) is 11.7. The number of carbonyl (C=O) groups excluding carboxylic acids is 1. The predicted octanol–water partition coefficient (Wildman–Crippen LogP) is 5.76. The number of fused-ring (bicyclic) bond motifs is 1. The van der Waals surface area contributed by atoms with Crippen molar-refractivity contribution in [1.29, 1.82) is 0 Å². The van der Waals surface area contributed by atoms with Crippen LogP contribution in [0.2, 0.25) is 0 Å². The Balaban J connectivity index is 1.68. The van der Waals surface area contributed by atoms with Crippen LogP contribution in [-0.2, 0) is 17.8 Å². The summed E-state index contributed by atoms with van der Waals surface area (Å²) in [5.41, 5.74) is 2.29. The van der Waals surface area contributed by atoms with Gasteiger partial charge < -0.3 is 9.22 Å². The summed E-state index contributed by atoms with van der Waals surface area (Å²) in [7, 11) is 0. The number of rotatable bonds is 4. The molecule has 1 amide bonds. The topological polar surface area (TPSA) is 29.5 Å². The maximum absolute atomic E-state index is 13.1. The predicted molar refractivity (Wildman–Crippen MR) is 124 cm³/mol. The number of carbonyl (C=O) groups is 1. The van der Waals surface area contributed by atoms with Gasteiger partial charge in [-0.25, -0.2) is 4.79 Å². The summed E-state index contributed by atoms with van der Waals surface area (Å²) in [6.07, 6.45) is 3.09. The van der Waals surface area contributed by atoms with E-state index < -0.39 is 5.60 Å². The average molecular weight is 422 g/mol. The van der Waals surface area contributed by atoms with Crippen molar-refractivity contribution in [3.63, 3.8) is 0 Å². The summed E-state index contributed by atoms with van der Waals surface area (Å²) in [5, 5.41) is 0. The van der Waals surface area contributed by atoms with Gasteiger partial charge in [0.05, 0.1) is 12.1 Å². The van der Waals surface area contributed by atoms with E-state index in [-0.39, 0.29) is 12.1 Å². The molecule has 2 aliphatic heterocycles. The number of benzene rings is 2. The zero-order valence-electron chi connectivity index (χ0n) is 19.5. The highest BCUT2D eigenvalue weighted by molar-refractivity contribution is 5.69. The number of hydrogen-bond donors (Lipinski definition) is 0. The molecule has 0 radical (unpaired) electrons. The fourth-order valence-corrected chi connectivity index (χ4v) is 5.80. The normalized spacial score (nSPS) is 25.2. The summed E-state index contributed by atoms with van der Waals surface area (Å²) in [4.78, 5) is 15.1. The average Bonchev–Trinajstić information content (AvgIpc) is 2.99. The Hall–Kier alpha value is -2.33. The zero-order chi connectivity index (χ0) is 22.1. The van der Waals surface area contributed by atoms with E-state index in [1.54, 1.807) is 0 Å². The second-order valence-electron chi connectivity index (χ2n) is 10.4. The van der Waals surface area contributed by atoms with E-state index in [4.69, 9.17) is 4.74 Å². The van der Waals surface area contributed by atoms with E-state index in [1.165, 1.54) is 11.1 Å². The smallest absolute Gasteiger partial charge is 0.410 e. The number of amides is 1. The molecule has 31 heavy (non-hydrogen) atoms. The minimum absolute atomic E-state index is 0.145. The molecule has 0 unspecified atom stereocenters. The van der Waals surface area contributed by atoms with Crippen molar-refractivity contribution in [2.75, 3.05) is 6.54 Å². The van der Waals surface area contributed by atoms with Crippen LogP contribution in [0, 0.1) is 0 Å². The minimum atomic E-state index is -0.464. The highest BCUT2D eigenvalue weighted by atomic mass is 16.6. The van der Waals surface area contributed by atoms with E-state index >= 15 is 0 Å². The van der Waals surface area contributed by atoms with Crippen LogP contribution in [0.3, 0.4) is 0 Å². The van der Waals surface area contributed by atoms with Gasteiger partial charge in [-0.15, -0.1) is 0 Å². The van der Waals surface area contributed by atoms with Gasteiger partial charge in [0.1, 0.15) is 24.7 Å². The van der Waals surface area contributed by atoms with E-state index in [0.29, 0.717) is 12.1 Å².